The highest BCUT2D eigenvalue weighted by atomic mass is 32.2. The van der Waals surface area contributed by atoms with Crippen molar-refractivity contribution in [3.63, 3.8) is 0 Å². The highest BCUT2D eigenvalue weighted by molar-refractivity contribution is 7.89. The number of amides is 1. The summed E-state index contributed by atoms with van der Waals surface area (Å²) in [5.74, 6) is 0.316. The highest BCUT2D eigenvalue weighted by Crippen LogP contribution is 2.23. The number of nitrogens with zero attached hydrogens (tertiary/aromatic N) is 2. The van der Waals surface area contributed by atoms with Crippen molar-refractivity contribution in [3.8, 4) is 11.5 Å². The molecule has 0 spiro atoms. The van der Waals surface area contributed by atoms with Crippen LogP contribution in [-0.4, -0.2) is 32.0 Å². The summed E-state index contributed by atoms with van der Waals surface area (Å²) >= 11 is 1.12. The van der Waals surface area contributed by atoms with Crippen LogP contribution in [0.2, 0.25) is 0 Å². The fourth-order valence-electron chi connectivity index (χ4n) is 3.28. The Morgan fingerprint density at radius 2 is 1.69 bits per heavy atom. The molecule has 4 rings (SSSR count). The van der Waals surface area contributed by atoms with Crippen LogP contribution >= 0.6 is 11.3 Å². The molecule has 0 aliphatic rings. The van der Waals surface area contributed by atoms with Gasteiger partial charge in [-0.3, -0.25) is 9.59 Å². The van der Waals surface area contributed by atoms with Crippen LogP contribution < -0.4 is 14.7 Å². The summed E-state index contributed by atoms with van der Waals surface area (Å²) in [6.07, 6.45) is 0.0478. The zero-order chi connectivity index (χ0) is 25.0. The fraction of sp³-hybridized carbons (Fsp3) is 0.125. The first kappa shape index (κ1) is 24.3. The zero-order valence-electron chi connectivity index (χ0n) is 18.6. The van der Waals surface area contributed by atoms with Crippen molar-refractivity contribution in [1.82, 2.24) is 4.57 Å². The molecule has 35 heavy (non-hydrogen) atoms. The van der Waals surface area contributed by atoms with Crippen LogP contribution in [0.15, 0.2) is 82.7 Å². The van der Waals surface area contributed by atoms with Crippen LogP contribution in [0.3, 0.4) is 0 Å². The number of benzene rings is 3. The van der Waals surface area contributed by atoms with Gasteiger partial charge in [0.1, 0.15) is 11.5 Å². The van der Waals surface area contributed by atoms with Crippen molar-refractivity contribution in [3.05, 3.63) is 83.2 Å². The Morgan fingerprint density at radius 1 is 1.00 bits per heavy atom. The van der Waals surface area contributed by atoms with Gasteiger partial charge in [-0.05, 0) is 54.6 Å². The van der Waals surface area contributed by atoms with Gasteiger partial charge in [0, 0.05) is 12.1 Å². The van der Waals surface area contributed by atoms with Crippen molar-refractivity contribution >= 4 is 43.5 Å². The standard InChI is InChI=1S/C24H21N3O6S2/c1-32-22(28)13-14-27-20-12-11-19(35(25,30)31)15-21(20)34-24(27)26-23(29)16-7-9-18(10-8-16)33-17-5-3-2-4-6-17/h2-12,15H,13-14H2,1H3,(H2,25,30,31). The normalized spacial score (nSPS) is 12.0. The maximum absolute atomic E-state index is 12.9. The van der Waals surface area contributed by atoms with Crippen LogP contribution in [0.1, 0.15) is 16.8 Å². The number of rotatable bonds is 7. The maximum Gasteiger partial charge on any atom is 0.307 e. The number of carbonyl (C=O) groups excluding carboxylic acids is 2. The minimum absolute atomic E-state index is 0.0478. The number of carbonyl (C=O) groups is 2. The number of aromatic nitrogens is 1. The monoisotopic (exact) mass is 511 g/mol. The Labute approximate surface area is 205 Å². The van der Waals surface area contributed by atoms with Crippen molar-refractivity contribution in [2.75, 3.05) is 7.11 Å². The molecule has 180 valence electrons. The van der Waals surface area contributed by atoms with E-state index in [1.165, 1.54) is 19.2 Å². The Bertz CT molecular complexity index is 1560. The second-order valence-electron chi connectivity index (χ2n) is 7.39. The molecular weight excluding hydrogens is 490 g/mol. The molecule has 3 aromatic carbocycles. The number of fused-ring (bicyclic) bond motifs is 1. The van der Waals surface area contributed by atoms with Gasteiger partial charge in [0.05, 0.1) is 28.6 Å². The summed E-state index contributed by atoms with van der Waals surface area (Å²) in [5.41, 5.74) is 0.956. The van der Waals surface area contributed by atoms with Crippen LogP contribution in [0, 0.1) is 0 Å². The average Bonchev–Trinajstić information content (AvgIpc) is 3.19. The number of nitrogens with two attached hydrogens (primary N) is 1. The number of primary sulfonamides is 1. The van der Waals surface area contributed by atoms with Gasteiger partial charge in [-0.25, -0.2) is 13.6 Å². The molecule has 2 N–H and O–H groups in total. The molecule has 0 bridgehead atoms. The zero-order valence-corrected chi connectivity index (χ0v) is 20.2. The minimum atomic E-state index is -3.91. The lowest BCUT2D eigenvalue weighted by atomic mass is 10.2. The van der Waals surface area contributed by atoms with E-state index in [1.807, 2.05) is 30.3 Å². The first-order valence-corrected chi connectivity index (χ1v) is 12.8. The average molecular weight is 512 g/mol. The SMILES string of the molecule is COC(=O)CCn1c(=NC(=O)c2ccc(Oc3ccccc3)cc2)sc2cc(S(N)(=O)=O)ccc21. The molecule has 0 aliphatic carbocycles. The molecule has 0 unspecified atom stereocenters. The van der Waals surface area contributed by atoms with E-state index in [9.17, 15) is 18.0 Å². The number of thiazole rings is 1. The molecule has 4 aromatic rings. The quantitative estimate of drug-likeness (QED) is 0.378. The van der Waals surface area contributed by atoms with Crippen molar-refractivity contribution in [2.24, 2.45) is 10.1 Å². The predicted octanol–water partition coefficient (Wildman–Crippen LogP) is 3.45. The van der Waals surface area contributed by atoms with E-state index in [-0.39, 0.29) is 17.9 Å². The van der Waals surface area contributed by atoms with Crippen LogP contribution in [0.5, 0.6) is 11.5 Å². The predicted molar refractivity (Wildman–Crippen MR) is 131 cm³/mol. The number of sulfonamides is 1. The number of aryl methyl sites for hydroxylation is 1. The molecule has 0 saturated heterocycles. The summed E-state index contributed by atoms with van der Waals surface area (Å²) in [5, 5.41) is 5.25. The number of para-hydroxylation sites is 1. The van der Waals surface area contributed by atoms with E-state index < -0.39 is 21.9 Å². The molecule has 1 aromatic heterocycles. The van der Waals surface area contributed by atoms with Gasteiger partial charge in [-0.2, -0.15) is 4.99 Å². The second kappa shape index (κ2) is 10.2. The van der Waals surface area contributed by atoms with Gasteiger partial charge < -0.3 is 14.0 Å². The van der Waals surface area contributed by atoms with Crippen molar-refractivity contribution in [2.45, 2.75) is 17.9 Å². The Hall–Kier alpha value is -3.80. The van der Waals surface area contributed by atoms with Crippen molar-refractivity contribution < 1.29 is 27.5 Å². The molecule has 0 atom stereocenters. The van der Waals surface area contributed by atoms with Crippen LogP contribution in [0.4, 0.5) is 0 Å². The highest BCUT2D eigenvalue weighted by Gasteiger charge is 2.15. The molecule has 0 aliphatic heterocycles. The molecule has 1 amide bonds. The molecule has 0 fully saturated rings. The fourth-order valence-corrected chi connectivity index (χ4v) is 4.99. The number of hydrogen-bond acceptors (Lipinski definition) is 7. The molecule has 11 heteroatoms. The van der Waals surface area contributed by atoms with E-state index >= 15 is 0 Å². The molecule has 0 saturated carbocycles. The van der Waals surface area contributed by atoms with Gasteiger partial charge in [-0.15, -0.1) is 0 Å². The Kier molecular flexibility index (Phi) is 7.10. The largest absolute Gasteiger partial charge is 0.469 e. The lowest BCUT2D eigenvalue weighted by molar-refractivity contribution is -0.140. The number of esters is 1. The summed E-state index contributed by atoms with van der Waals surface area (Å²) in [7, 11) is -2.62. The Balaban J connectivity index is 1.68. The third kappa shape index (κ3) is 5.83. The van der Waals surface area contributed by atoms with Gasteiger partial charge in [0.25, 0.3) is 5.91 Å². The molecule has 9 nitrogen and oxygen atoms in total. The third-order valence-electron chi connectivity index (χ3n) is 5.03. The van der Waals surface area contributed by atoms with E-state index in [2.05, 4.69) is 4.99 Å². The van der Waals surface area contributed by atoms with Gasteiger partial charge in [0.2, 0.25) is 10.0 Å². The van der Waals surface area contributed by atoms with Crippen LogP contribution in [0.25, 0.3) is 10.2 Å². The first-order chi connectivity index (χ1) is 16.7. The van der Waals surface area contributed by atoms with E-state index in [1.54, 1.807) is 34.9 Å². The number of methoxy groups -OCH3 is 1. The van der Waals surface area contributed by atoms with Crippen molar-refractivity contribution in [1.29, 1.82) is 0 Å². The summed E-state index contributed by atoms with van der Waals surface area (Å²) < 4.78 is 36.2. The van der Waals surface area contributed by atoms with Crippen LogP contribution in [-0.2, 0) is 26.1 Å². The van der Waals surface area contributed by atoms with E-state index in [0.717, 1.165) is 11.3 Å². The molecule has 1 heterocycles. The smallest absolute Gasteiger partial charge is 0.307 e. The van der Waals surface area contributed by atoms with Gasteiger partial charge in [0.15, 0.2) is 4.80 Å². The number of hydrogen-bond donors (Lipinski definition) is 1. The van der Waals surface area contributed by atoms with E-state index in [0.29, 0.717) is 32.1 Å². The minimum Gasteiger partial charge on any atom is -0.469 e. The third-order valence-corrected chi connectivity index (χ3v) is 6.98. The Morgan fingerprint density at radius 3 is 2.34 bits per heavy atom. The van der Waals surface area contributed by atoms with Gasteiger partial charge >= 0.3 is 5.97 Å². The lowest BCUT2D eigenvalue weighted by Gasteiger charge is -2.06. The van der Waals surface area contributed by atoms with Gasteiger partial charge in [-0.1, -0.05) is 29.5 Å². The summed E-state index contributed by atoms with van der Waals surface area (Å²) in [6, 6.07) is 20.2. The molecule has 0 radical (unpaired) electrons. The maximum atomic E-state index is 12.9. The van der Waals surface area contributed by atoms with E-state index in [4.69, 9.17) is 14.6 Å². The number of ether oxygens (including phenoxy) is 2. The topological polar surface area (TPSA) is 130 Å². The molecular formula is C24H21N3O6S2. The summed E-state index contributed by atoms with van der Waals surface area (Å²) in [6.45, 7) is 0.192. The summed E-state index contributed by atoms with van der Waals surface area (Å²) in [4.78, 5) is 29.1. The second-order valence-corrected chi connectivity index (χ2v) is 9.96. The first-order valence-electron chi connectivity index (χ1n) is 10.4. The lowest BCUT2D eigenvalue weighted by Crippen LogP contribution is -2.19.